The summed E-state index contributed by atoms with van der Waals surface area (Å²) in [7, 11) is 0. The fourth-order valence-electron chi connectivity index (χ4n) is 3.35. The number of fused-ring (bicyclic) bond motifs is 1. The minimum atomic E-state index is -4.56. The third-order valence-electron chi connectivity index (χ3n) is 4.74. The molecule has 0 saturated carbocycles. The lowest BCUT2D eigenvalue weighted by Gasteiger charge is -2.13. The molecule has 0 aromatic heterocycles. The van der Waals surface area contributed by atoms with Crippen LogP contribution in [0.25, 0.3) is 0 Å². The number of ether oxygens (including phenoxy) is 1. The Hall–Kier alpha value is -3.75. The molecule has 3 aromatic carbocycles. The van der Waals surface area contributed by atoms with E-state index in [0.29, 0.717) is 17.3 Å². The van der Waals surface area contributed by atoms with Gasteiger partial charge in [0.25, 0.3) is 0 Å². The normalized spacial score (nSPS) is 13.7. The smallest absolute Gasteiger partial charge is 0.416 e. The van der Waals surface area contributed by atoms with Crippen molar-refractivity contribution in [3.8, 4) is 11.5 Å². The number of rotatable bonds is 3. The SMILES string of the molecule is Cc1cc2c(cc1C(F)(F)F)NC(=O)CC(c1cccc(Oc3cc(F)cc(F)c3)c1)=N2. The molecule has 0 aliphatic carbocycles. The number of nitrogens with zero attached hydrogens (tertiary/aromatic N) is 1. The van der Waals surface area contributed by atoms with Crippen molar-refractivity contribution in [3.05, 3.63) is 82.9 Å². The van der Waals surface area contributed by atoms with Crippen LogP contribution in [0, 0.1) is 18.6 Å². The summed E-state index contributed by atoms with van der Waals surface area (Å²) in [6, 6.07) is 11.2. The van der Waals surface area contributed by atoms with Gasteiger partial charge in [-0.05, 0) is 36.8 Å². The maximum Gasteiger partial charge on any atom is 0.416 e. The van der Waals surface area contributed by atoms with Crippen LogP contribution >= 0.6 is 0 Å². The number of hydrogen-bond acceptors (Lipinski definition) is 3. The van der Waals surface area contributed by atoms with Crippen LogP contribution in [0.1, 0.15) is 23.1 Å². The zero-order valence-electron chi connectivity index (χ0n) is 16.6. The molecule has 0 saturated heterocycles. The number of hydrogen-bond donors (Lipinski definition) is 1. The molecule has 1 heterocycles. The van der Waals surface area contributed by atoms with Crippen molar-refractivity contribution in [1.82, 2.24) is 0 Å². The van der Waals surface area contributed by atoms with E-state index in [-0.39, 0.29) is 34.9 Å². The highest BCUT2D eigenvalue weighted by atomic mass is 19.4. The largest absolute Gasteiger partial charge is 0.457 e. The molecule has 1 aliphatic rings. The van der Waals surface area contributed by atoms with Crippen molar-refractivity contribution < 1.29 is 31.5 Å². The summed E-state index contributed by atoms with van der Waals surface area (Å²) in [5, 5.41) is 2.46. The average molecular weight is 446 g/mol. The van der Waals surface area contributed by atoms with Gasteiger partial charge in [0.2, 0.25) is 5.91 Å². The Morgan fingerprint density at radius 2 is 1.69 bits per heavy atom. The molecule has 4 nitrogen and oxygen atoms in total. The fraction of sp³-hybridized carbons (Fsp3) is 0.130. The molecule has 0 atom stereocenters. The molecular formula is C23H15F5N2O2. The fourth-order valence-corrected chi connectivity index (χ4v) is 3.35. The molecule has 164 valence electrons. The highest BCUT2D eigenvalue weighted by Gasteiger charge is 2.34. The van der Waals surface area contributed by atoms with Crippen molar-refractivity contribution in [1.29, 1.82) is 0 Å². The molecule has 32 heavy (non-hydrogen) atoms. The molecule has 0 unspecified atom stereocenters. The first kappa shape index (κ1) is 21.5. The van der Waals surface area contributed by atoms with E-state index in [9.17, 15) is 26.7 Å². The number of aliphatic imine (C=N–C) groups is 1. The Morgan fingerprint density at radius 3 is 2.38 bits per heavy atom. The van der Waals surface area contributed by atoms with Gasteiger partial charge in [0.05, 0.1) is 29.1 Å². The van der Waals surface area contributed by atoms with Crippen molar-refractivity contribution >= 4 is 23.0 Å². The Balaban J connectivity index is 1.71. The van der Waals surface area contributed by atoms with E-state index < -0.39 is 29.3 Å². The van der Waals surface area contributed by atoms with E-state index in [4.69, 9.17) is 4.74 Å². The third kappa shape index (κ3) is 4.61. The molecule has 1 aliphatic heterocycles. The van der Waals surface area contributed by atoms with E-state index in [1.165, 1.54) is 19.1 Å². The van der Waals surface area contributed by atoms with Crippen LogP contribution in [0.2, 0.25) is 0 Å². The third-order valence-corrected chi connectivity index (χ3v) is 4.74. The lowest BCUT2D eigenvalue weighted by molar-refractivity contribution is -0.138. The predicted molar refractivity (Wildman–Crippen MR) is 108 cm³/mol. The van der Waals surface area contributed by atoms with Gasteiger partial charge in [0.15, 0.2) is 0 Å². The topological polar surface area (TPSA) is 50.7 Å². The van der Waals surface area contributed by atoms with Gasteiger partial charge in [0, 0.05) is 23.8 Å². The Kier molecular flexibility index (Phi) is 5.41. The summed E-state index contributed by atoms with van der Waals surface area (Å²) in [5.41, 5.74) is 0.0466. The molecule has 4 rings (SSSR count). The number of halogens is 5. The minimum absolute atomic E-state index is 0.0271. The molecule has 0 spiro atoms. The number of aryl methyl sites for hydroxylation is 1. The average Bonchev–Trinajstić information content (AvgIpc) is 2.83. The van der Waals surface area contributed by atoms with Gasteiger partial charge in [-0.1, -0.05) is 12.1 Å². The van der Waals surface area contributed by atoms with Gasteiger partial charge >= 0.3 is 6.18 Å². The maximum absolute atomic E-state index is 13.4. The summed E-state index contributed by atoms with van der Waals surface area (Å²) in [4.78, 5) is 16.7. The molecule has 0 radical (unpaired) electrons. The van der Waals surface area contributed by atoms with Crippen LogP contribution in [-0.4, -0.2) is 11.6 Å². The summed E-state index contributed by atoms with van der Waals surface area (Å²) in [5.74, 6) is -1.94. The van der Waals surface area contributed by atoms with Crippen LogP contribution < -0.4 is 10.1 Å². The highest BCUT2D eigenvalue weighted by molar-refractivity contribution is 6.17. The number of alkyl halides is 3. The van der Waals surface area contributed by atoms with Gasteiger partial charge in [-0.25, -0.2) is 8.78 Å². The number of anilines is 1. The Morgan fingerprint density at radius 1 is 0.969 bits per heavy atom. The zero-order valence-corrected chi connectivity index (χ0v) is 16.6. The number of carbonyl (C=O) groups is 1. The molecule has 1 N–H and O–H groups in total. The quantitative estimate of drug-likeness (QED) is 0.464. The van der Waals surface area contributed by atoms with Crippen LogP contribution in [-0.2, 0) is 11.0 Å². The van der Waals surface area contributed by atoms with Gasteiger partial charge in [-0.2, -0.15) is 13.2 Å². The number of carbonyl (C=O) groups excluding carboxylic acids is 1. The minimum Gasteiger partial charge on any atom is -0.457 e. The van der Waals surface area contributed by atoms with E-state index >= 15 is 0 Å². The van der Waals surface area contributed by atoms with Crippen LogP contribution in [0.3, 0.4) is 0 Å². The molecule has 1 amide bonds. The lowest BCUT2D eigenvalue weighted by atomic mass is 10.1. The number of nitrogens with one attached hydrogen (secondary N) is 1. The summed E-state index contributed by atoms with van der Waals surface area (Å²) in [6.07, 6.45) is -4.75. The summed E-state index contributed by atoms with van der Waals surface area (Å²) >= 11 is 0. The van der Waals surface area contributed by atoms with Crippen molar-refractivity contribution in [2.75, 3.05) is 5.32 Å². The number of amides is 1. The lowest BCUT2D eigenvalue weighted by Crippen LogP contribution is -2.15. The first-order chi connectivity index (χ1) is 15.1. The second kappa shape index (κ2) is 8.07. The van der Waals surface area contributed by atoms with E-state index in [1.807, 2.05) is 0 Å². The number of benzene rings is 3. The predicted octanol–water partition coefficient (Wildman–Crippen LogP) is 6.55. The Bertz CT molecular complexity index is 1230. The molecule has 9 heteroatoms. The van der Waals surface area contributed by atoms with Gasteiger partial charge in [-0.15, -0.1) is 0 Å². The van der Waals surface area contributed by atoms with Crippen LogP contribution in [0.4, 0.5) is 33.3 Å². The second-order valence-corrected chi connectivity index (χ2v) is 7.20. The summed E-state index contributed by atoms with van der Waals surface area (Å²) in [6.45, 7) is 1.32. The van der Waals surface area contributed by atoms with Crippen molar-refractivity contribution in [2.45, 2.75) is 19.5 Å². The first-order valence-electron chi connectivity index (χ1n) is 9.42. The Labute approximate surface area is 179 Å². The molecular weight excluding hydrogens is 431 g/mol. The van der Waals surface area contributed by atoms with Gasteiger partial charge in [-0.3, -0.25) is 9.79 Å². The molecule has 0 fully saturated rings. The zero-order chi connectivity index (χ0) is 23.0. The second-order valence-electron chi connectivity index (χ2n) is 7.20. The summed E-state index contributed by atoms with van der Waals surface area (Å²) < 4.78 is 72.0. The highest BCUT2D eigenvalue weighted by Crippen LogP contribution is 2.39. The van der Waals surface area contributed by atoms with Crippen LogP contribution in [0.5, 0.6) is 11.5 Å². The van der Waals surface area contributed by atoms with Gasteiger partial charge in [0.1, 0.15) is 23.1 Å². The van der Waals surface area contributed by atoms with Crippen molar-refractivity contribution in [2.24, 2.45) is 4.99 Å². The first-order valence-corrected chi connectivity index (χ1v) is 9.42. The van der Waals surface area contributed by atoms with Gasteiger partial charge < -0.3 is 10.1 Å². The molecule has 0 bridgehead atoms. The van der Waals surface area contributed by atoms with E-state index in [1.54, 1.807) is 18.2 Å². The van der Waals surface area contributed by atoms with E-state index in [2.05, 4.69) is 10.3 Å². The van der Waals surface area contributed by atoms with E-state index in [0.717, 1.165) is 18.2 Å². The monoisotopic (exact) mass is 446 g/mol. The van der Waals surface area contributed by atoms with Crippen LogP contribution in [0.15, 0.2) is 59.6 Å². The standard InChI is InChI=1S/C23H15F5N2O2/c1-12-5-20-21(10-18(12)23(26,27)28)30-22(31)11-19(29-20)13-3-2-4-16(6-13)32-17-8-14(24)7-15(25)9-17/h2-10H,11H2,1H3,(H,30,31). The molecule has 3 aromatic rings. The maximum atomic E-state index is 13.4. The van der Waals surface area contributed by atoms with Crippen molar-refractivity contribution in [3.63, 3.8) is 0 Å².